The van der Waals surface area contributed by atoms with Gasteiger partial charge in [0.2, 0.25) is 0 Å². The predicted molar refractivity (Wildman–Crippen MR) is 132 cm³/mol. The summed E-state index contributed by atoms with van der Waals surface area (Å²) in [4.78, 5) is 6.69. The van der Waals surface area contributed by atoms with Gasteiger partial charge in [-0.15, -0.1) is 11.3 Å². The number of para-hydroxylation sites is 1. The fourth-order valence-electron chi connectivity index (χ4n) is 4.35. The summed E-state index contributed by atoms with van der Waals surface area (Å²) in [6.45, 7) is 5.23. The van der Waals surface area contributed by atoms with Crippen LogP contribution in [0.2, 0.25) is 0 Å². The van der Waals surface area contributed by atoms with Gasteiger partial charge in [0.1, 0.15) is 16.6 Å². The van der Waals surface area contributed by atoms with Crippen molar-refractivity contribution in [3.05, 3.63) is 81.5 Å². The van der Waals surface area contributed by atoms with Gasteiger partial charge in [-0.05, 0) is 49.1 Å². The molecule has 0 amide bonds. The van der Waals surface area contributed by atoms with Crippen molar-refractivity contribution in [3.63, 3.8) is 0 Å². The van der Waals surface area contributed by atoms with Crippen molar-refractivity contribution >= 4 is 33.6 Å². The lowest BCUT2D eigenvalue weighted by atomic mass is 10.1. The molecule has 0 saturated heterocycles. The van der Waals surface area contributed by atoms with Crippen molar-refractivity contribution < 1.29 is 5.11 Å². The second kappa shape index (κ2) is 7.95. The summed E-state index contributed by atoms with van der Waals surface area (Å²) in [5, 5.41) is 23.3. The van der Waals surface area contributed by atoms with Crippen LogP contribution < -0.4 is 0 Å². The molecule has 2 aromatic carbocycles. The molecule has 6 heteroatoms. The molecule has 0 unspecified atom stereocenters. The van der Waals surface area contributed by atoms with Gasteiger partial charge in [0.05, 0.1) is 17.8 Å². The molecule has 0 bridgehead atoms. The molecule has 0 aliphatic carbocycles. The Morgan fingerprint density at radius 1 is 1.12 bits per heavy atom. The first-order chi connectivity index (χ1) is 15.4. The molecule has 4 aromatic rings. The monoisotopic (exact) mass is 442 g/mol. The Morgan fingerprint density at radius 3 is 2.75 bits per heavy atom. The van der Waals surface area contributed by atoms with Crippen LogP contribution in [-0.4, -0.2) is 38.5 Å². The highest BCUT2D eigenvalue weighted by atomic mass is 32.1. The van der Waals surface area contributed by atoms with Gasteiger partial charge < -0.3 is 14.6 Å². The summed E-state index contributed by atoms with van der Waals surface area (Å²) in [7, 11) is 2.06. The van der Waals surface area contributed by atoms with E-state index in [2.05, 4.69) is 74.1 Å². The van der Waals surface area contributed by atoms with Gasteiger partial charge in [0, 0.05) is 41.6 Å². The van der Waals surface area contributed by atoms with Crippen LogP contribution in [0.15, 0.2) is 59.8 Å². The SMILES string of the molecule is Cc1ccc(-c2csc(C3=C(O)CN(CCc4cn(C)c5ccccc45)C3=N)n2)cc1C. The largest absolute Gasteiger partial charge is 0.510 e. The lowest BCUT2D eigenvalue weighted by Gasteiger charge is -2.18. The van der Waals surface area contributed by atoms with Crippen LogP contribution >= 0.6 is 11.3 Å². The van der Waals surface area contributed by atoms with Crippen molar-refractivity contribution in [3.8, 4) is 11.3 Å². The first-order valence-electron chi connectivity index (χ1n) is 10.7. The highest BCUT2D eigenvalue weighted by Crippen LogP contribution is 2.33. The number of nitrogens with zero attached hydrogens (tertiary/aromatic N) is 3. The van der Waals surface area contributed by atoms with Crippen LogP contribution in [0.5, 0.6) is 0 Å². The van der Waals surface area contributed by atoms with Crippen molar-refractivity contribution in [2.75, 3.05) is 13.1 Å². The van der Waals surface area contributed by atoms with Crippen LogP contribution in [0, 0.1) is 19.3 Å². The topological polar surface area (TPSA) is 65.1 Å². The molecular weight excluding hydrogens is 416 g/mol. The number of amidine groups is 1. The Hall–Kier alpha value is -3.38. The first-order valence-corrected chi connectivity index (χ1v) is 11.6. The van der Waals surface area contributed by atoms with Gasteiger partial charge in [-0.1, -0.05) is 30.3 Å². The van der Waals surface area contributed by atoms with E-state index in [1.807, 2.05) is 10.3 Å². The molecule has 1 aliphatic heterocycles. The predicted octanol–water partition coefficient (Wildman–Crippen LogP) is 5.72. The van der Waals surface area contributed by atoms with Gasteiger partial charge in [0.15, 0.2) is 0 Å². The Balaban J connectivity index is 1.34. The van der Waals surface area contributed by atoms with Crippen LogP contribution in [0.3, 0.4) is 0 Å². The molecular formula is C26H26N4OS. The van der Waals surface area contributed by atoms with Gasteiger partial charge in [0.25, 0.3) is 0 Å². The molecule has 1 aliphatic rings. The normalized spacial score (nSPS) is 14.2. The fourth-order valence-corrected chi connectivity index (χ4v) is 5.25. The third-order valence-electron chi connectivity index (χ3n) is 6.33. The summed E-state index contributed by atoms with van der Waals surface area (Å²) in [6.07, 6.45) is 2.98. The number of hydrogen-bond acceptors (Lipinski definition) is 4. The van der Waals surface area contributed by atoms with E-state index in [1.165, 1.54) is 38.9 Å². The number of aromatic nitrogens is 2. The third kappa shape index (κ3) is 3.50. The number of aliphatic hydroxyl groups is 1. The first kappa shape index (κ1) is 20.5. The molecule has 0 atom stereocenters. The zero-order valence-electron chi connectivity index (χ0n) is 18.5. The Labute approximate surface area is 191 Å². The molecule has 5 rings (SSSR count). The van der Waals surface area contributed by atoms with E-state index in [0.717, 1.165) is 17.7 Å². The Bertz CT molecular complexity index is 1380. The number of nitrogens with one attached hydrogen (secondary N) is 1. The van der Waals surface area contributed by atoms with Crippen LogP contribution in [0.1, 0.15) is 21.7 Å². The standard InChI is InChI=1S/C26H26N4OS/c1-16-8-9-18(12-17(16)2)21-15-32-26(28-21)24-23(31)14-30(25(24)27)11-10-19-13-29(3)22-7-5-4-6-20(19)22/h4-9,12-13,15,27,31H,10-11,14H2,1-3H3. The van der Waals surface area contributed by atoms with E-state index < -0.39 is 0 Å². The highest BCUT2D eigenvalue weighted by Gasteiger charge is 2.30. The Morgan fingerprint density at radius 2 is 1.94 bits per heavy atom. The summed E-state index contributed by atoms with van der Waals surface area (Å²) >= 11 is 1.48. The average Bonchev–Trinajstić information content (AvgIpc) is 3.45. The van der Waals surface area contributed by atoms with Crippen molar-refractivity contribution in [1.82, 2.24) is 14.5 Å². The maximum absolute atomic E-state index is 10.7. The average molecular weight is 443 g/mol. The molecule has 32 heavy (non-hydrogen) atoms. The highest BCUT2D eigenvalue weighted by molar-refractivity contribution is 7.11. The summed E-state index contributed by atoms with van der Waals surface area (Å²) in [5.74, 6) is 0.581. The van der Waals surface area contributed by atoms with Crippen LogP contribution in [0.25, 0.3) is 27.7 Å². The molecule has 0 spiro atoms. The van der Waals surface area contributed by atoms with E-state index in [9.17, 15) is 5.11 Å². The summed E-state index contributed by atoms with van der Waals surface area (Å²) in [6, 6.07) is 14.7. The van der Waals surface area contributed by atoms with E-state index >= 15 is 0 Å². The third-order valence-corrected chi connectivity index (χ3v) is 7.19. The molecule has 2 aromatic heterocycles. The van der Waals surface area contributed by atoms with Gasteiger partial charge in [-0.25, -0.2) is 4.98 Å². The number of thiazole rings is 1. The van der Waals surface area contributed by atoms with Gasteiger partial charge >= 0.3 is 0 Å². The fraction of sp³-hybridized carbons (Fsp3) is 0.231. The number of fused-ring (bicyclic) bond motifs is 1. The van der Waals surface area contributed by atoms with Crippen molar-refractivity contribution in [2.45, 2.75) is 20.3 Å². The summed E-state index contributed by atoms with van der Waals surface area (Å²) in [5.41, 5.74) is 7.46. The second-order valence-corrected chi connectivity index (χ2v) is 9.32. The van der Waals surface area contributed by atoms with Gasteiger partial charge in [-0.3, -0.25) is 5.41 Å². The lowest BCUT2D eigenvalue weighted by molar-refractivity contribution is 0.351. The zero-order chi connectivity index (χ0) is 22.4. The minimum atomic E-state index is 0.230. The van der Waals surface area contributed by atoms with E-state index in [-0.39, 0.29) is 5.76 Å². The maximum atomic E-state index is 10.7. The zero-order valence-corrected chi connectivity index (χ0v) is 19.3. The smallest absolute Gasteiger partial charge is 0.135 e. The van der Waals surface area contributed by atoms with Crippen LogP contribution in [0.4, 0.5) is 0 Å². The number of aliphatic hydroxyl groups excluding tert-OH is 1. The maximum Gasteiger partial charge on any atom is 0.135 e. The Kier molecular flexibility index (Phi) is 5.10. The van der Waals surface area contributed by atoms with E-state index in [4.69, 9.17) is 10.4 Å². The minimum Gasteiger partial charge on any atom is -0.510 e. The van der Waals surface area contributed by atoms with E-state index in [0.29, 0.717) is 29.5 Å². The molecule has 162 valence electrons. The minimum absolute atomic E-state index is 0.230. The lowest BCUT2D eigenvalue weighted by Crippen LogP contribution is -2.28. The molecule has 0 radical (unpaired) electrons. The molecule has 0 fully saturated rings. The number of benzene rings is 2. The van der Waals surface area contributed by atoms with Gasteiger partial charge in [-0.2, -0.15) is 0 Å². The molecule has 0 saturated carbocycles. The number of aryl methyl sites for hydroxylation is 3. The summed E-state index contributed by atoms with van der Waals surface area (Å²) < 4.78 is 2.14. The van der Waals surface area contributed by atoms with Crippen molar-refractivity contribution in [1.29, 1.82) is 5.41 Å². The second-order valence-electron chi connectivity index (χ2n) is 8.46. The van der Waals surface area contributed by atoms with Crippen LogP contribution in [-0.2, 0) is 13.5 Å². The van der Waals surface area contributed by atoms with Crippen molar-refractivity contribution in [2.24, 2.45) is 7.05 Å². The molecule has 2 N–H and O–H groups in total. The number of hydrogen-bond donors (Lipinski definition) is 2. The van der Waals surface area contributed by atoms with E-state index in [1.54, 1.807) is 0 Å². The molecule has 3 heterocycles. The quantitative estimate of drug-likeness (QED) is 0.415. The number of rotatable bonds is 5. The molecule has 5 nitrogen and oxygen atoms in total.